The lowest BCUT2D eigenvalue weighted by Crippen LogP contribution is -2.19. The Morgan fingerprint density at radius 1 is 1.35 bits per heavy atom. The van der Waals surface area contributed by atoms with E-state index in [4.69, 9.17) is 4.42 Å². The first-order valence-electron chi connectivity index (χ1n) is 6.23. The minimum Gasteiger partial charge on any atom is -0.463 e. The van der Waals surface area contributed by atoms with Crippen LogP contribution in [0.4, 0.5) is 0 Å². The normalized spacial score (nSPS) is 10.8. The van der Waals surface area contributed by atoms with E-state index in [-0.39, 0.29) is 5.91 Å². The molecule has 0 aliphatic heterocycles. The molecule has 1 N–H and O–H groups in total. The van der Waals surface area contributed by atoms with Gasteiger partial charge < -0.3 is 4.42 Å². The molecule has 1 amide bonds. The maximum Gasteiger partial charge on any atom is 0.250 e. The second-order valence-corrected chi connectivity index (χ2v) is 5.21. The molecule has 20 heavy (non-hydrogen) atoms. The molecule has 1 heterocycles. The van der Waals surface area contributed by atoms with Crippen LogP contribution in [-0.2, 0) is 10.5 Å². The first-order chi connectivity index (χ1) is 9.75. The molecule has 2 rings (SSSR count). The zero-order valence-corrected chi connectivity index (χ0v) is 12.0. The SMILES string of the molecule is Cc1ccccc1CSCC(=O)N/N=C\c1ccco1. The number of carbonyl (C=O) groups excluding carboxylic acids is 1. The Morgan fingerprint density at radius 2 is 2.20 bits per heavy atom. The zero-order valence-electron chi connectivity index (χ0n) is 11.2. The summed E-state index contributed by atoms with van der Waals surface area (Å²) in [6, 6.07) is 11.7. The Hall–Kier alpha value is -2.01. The summed E-state index contributed by atoms with van der Waals surface area (Å²) in [4.78, 5) is 11.6. The van der Waals surface area contributed by atoms with E-state index < -0.39 is 0 Å². The number of carbonyl (C=O) groups is 1. The van der Waals surface area contributed by atoms with Gasteiger partial charge in [0.1, 0.15) is 5.76 Å². The highest BCUT2D eigenvalue weighted by atomic mass is 32.2. The molecule has 0 radical (unpaired) electrons. The minimum atomic E-state index is -0.119. The highest BCUT2D eigenvalue weighted by Gasteiger charge is 2.02. The van der Waals surface area contributed by atoms with Crippen molar-refractivity contribution in [2.24, 2.45) is 5.10 Å². The molecule has 0 saturated heterocycles. The second kappa shape index (κ2) is 7.55. The summed E-state index contributed by atoms with van der Waals surface area (Å²) in [5.74, 6) is 1.69. The number of hydrazone groups is 1. The fraction of sp³-hybridized carbons (Fsp3) is 0.200. The molecule has 0 spiro atoms. The predicted octanol–water partition coefficient (Wildman–Crippen LogP) is 2.97. The molecule has 1 aromatic carbocycles. The van der Waals surface area contributed by atoms with E-state index in [1.165, 1.54) is 17.3 Å². The number of hydrogen-bond acceptors (Lipinski definition) is 4. The van der Waals surface area contributed by atoms with Gasteiger partial charge in [0, 0.05) is 5.75 Å². The summed E-state index contributed by atoms with van der Waals surface area (Å²) >= 11 is 1.57. The fourth-order valence-electron chi connectivity index (χ4n) is 1.59. The third-order valence-corrected chi connectivity index (χ3v) is 3.66. The van der Waals surface area contributed by atoms with Gasteiger partial charge in [-0.2, -0.15) is 5.10 Å². The molecular formula is C15H16N2O2S. The number of aryl methyl sites for hydroxylation is 1. The van der Waals surface area contributed by atoms with Crippen molar-refractivity contribution >= 4 is 23.9 Å². The first kappa shape index (κ1) is 14.4. The highest BCUT2D eigenvalue weighted by molar-refractivity contribution is 7.99. The van der Waals surface area contributed by atoms with Crippen LogP contribution in [0, 0.1) is 6.92 Å². The Morgan fingerprint density at radius 3 is 2.95 bits per heavy atom. The molecule has 1 aromatic heterocycles. The third kappa shape index (κ3) is 4.59. The molecule has 0 aliphatic rings. The Balaban J connectivity index is 1.69. The van der Waals surface area contributed by atoms with Gasteiger partial charge in [0.15, 0.2) is 0 Å². The lowest BCUT2D eigenvalue weighted by Gasteiger charge is -2.04. The predicted molar refractivity (Wildman–Crippen MR) is 81.8 cm³/mol. The van der Waals surface area contributed by atoms with Gasteiger partial charge in [0.05, 0.1) is 18.2 Å². The van der Waals surface area contributed by atoms with Gasteiger partial charge in [-0.3, -0.25) is 4.79 Å². The maximum atomic E-state index is 11.6. The number of nitrogens with zero attached hydrogens (tertiary/aromatic N) is 1. The number of hydrogen-bond donors (Lipinski definition) is 1. The molecule has 0 aliphatic carbocycles. The van der Waals surface area contributed by atoms with Crippen LogP contribution in [0.15, 0.2) is 52.2 Å². The van der Waals surface area contributed by atoms with Crippen LogP contribution >= 0.6 is 11.8 Å². The number of thioether (sulfide) groups is 1. The van der Waals surface area contributed by atoms with Crippen molar-refractivity contribution in [3.63, 3.8) is 0 Å². The van der Waals surface area contributed by atoms with E-state index in [1.807, 2.05) is 12.1 Å². The fourth-order valence-corrected chi connectivity index (χ4v) is 2.49. The average molecular weight is 288 g/mol. The van der Waals surface area contributed by atoms with Crippen molar-refractivity contribution in [3.05, 3.63) is 59.5 Å². The summed E-state index contributed by atoms with van der Waals surface area (Å²) in [5, 5.41) is 3.83. The summed E-state index contributed by atoms with van der Waals surface area (Å²) < 4.78 is 5.06. The van der Waals surface area contributed by atoms with Gasteiger partial charge >= 0.3 is 0 Å². The van der Waals surface area contributed by atoms with E-state index in [0.717, 1.165) is 5.75 Å². The average Bonchev–Trinajstić information content (AvgIpc) is 2.94. The van der Waals surface area contributed by atoms with E-state index in [1.54, 1.807) is 30.2 Å². The first-order valence-corrected chi connectivity index (χ1v) is 7.39. The molecule has 4 nitrogen and oxygen atoms in total. The number of benzene rings is 1. The van der Waals surface area contributed by atoms with Gasteiger partial charge in [-0.25, -0.2) is 5.43 Å². The molecule has 5 heteroatoms. The smallest absolute Gasteiger partial charge is 0.250 e. The number of nitrogens with one attached hydrogen (secondary N) is 1. The Kier molecular flexibility index (Phi) is 5.43. The van der Waals surface area contributed by atoms with Crippen LogP contribution in [0.5, 0.6) is 0 Å². The molecular weight excluding hydrogens is 272 g/mol. The van der Waals surface area contributed by atoms with Gasteiger partial charge in [0.25, 0.3) is 0 Å². The van der Waals surface area contributed by atoms with Gasteiger partial charge in [0.2, 0.25) is 5.91 Å². The van der Waals surface area contributed by atoms with Crippen molar-refractivity contribution in [1.29, 1.82) is 0 Å². The lowest BCUT2D eigenvalue weighted by molar-refractivity contribution is -0.118. The summed E-state index contributed by atoms with van der Waals surface area (Å²) in [7, 11) is 0. The van der Waals surface area contributed by atoms with Crippen LogP contribution in [-0.4, -0.2) is 17.9 Å². The molecule has 0 fully saturated rings. The van der Waals surface area contributed by atoms with Crippen LogP contribution in [0.3, 0.4) is 0 Å². The van der Waals surface area contributed by atoms with Crippen molar-refractivity contribution in [3.8, 4) is 0 Å². The summed E-state index contributed by atoms with van der Waals surface area (Å²) in [6.07, 6.45) is 3.03. The summed E-state index contributed by atoms with van der Waals surface area (Å²) in [6.45, 7) is 2.07. The molecule has 104 valence electrons. The highest BCUT2D eigenvalue weighted by Crippen LogP contribution is 2.15. The van der Waals surface area contributed by atoms with E-state index >= 15 is 0 Å². The Labute approximate surface area is 122 Å². The van der Waals surface area contributed by atoms with Crippen molar-refractivity contribution in [2.75, 3.05) is 5.75 Å². The van der Waals surface area contributed by atoms with Crippen molar-refractivity contribution < 1.29 is 9.21 Å². The second-order valence-electron chi connectivity index (χ2n) is 4.23. The number of furan rings is 1. The summed E-state index contributed by atoms with van der Waals surface area (Å²) in [5.41, 5.74) is 4.97. The monoisotopic (exact) mass is 288 g/mol. The molecule has 0 unspecified atom stereocenters. The topological polar surface area (TPSA) is 54.6 Å². The maximum absolute atomic E-state index is 11.6. The van der Waals surface area contributed by atoms with Crippen LogP contribution in [0.2, 0.25) is 0 Å². The van der Waals surface area contributed by atoms with Gasteiger partial charge in [-0.1, -0.05) is 24.3 Å². The van der Waals surface area contributed by atoms with E-state index in [9.17, 15) is 4.79 Å². The minimum absolute atomic E-state index is 0.119. The van der Waals surface area contributed by atoms with Crippen molar-refractivity contribution in [2.45, 2.75) is 12.7 Å². The number of amides is 1. The van der Waals surface area contributed by atoms with Gasteiger partial charge in [-0.15, -0.1) is 11.8 Å². The van der Waals surface area contributed by atoms with Crippen LogP contribution < -0.4 is 5.43 Å². The molecule has 0 saturated carbocycles. The number of rotatable bonds is 6. The van der Waals surface area contributed by atoms with Crippen LogP contribution in [0.1, 0.15) is 16.9 Å². The molecule has 0 atom stereocenters. The van der Waals surface area contributed by atoms with E-state index in [0.29, 0.717) is 11.5 Å². The lowest BCUT2D eigenvalue weighted by atomic mass is 10.1. The van der Waals surface area contributed by atoms with E-state index in [2.05, 4.69) is 29.6 Å². The van der Waals surface area contributed by atoms with Crippen LogP contribution in [0.25, 0.3) is 0 Å². The van der Waals surface area contributed by atoms with Gasteiger partial charge in [-0.05, 0) is 30.2 Å². The zero-order chi connectivity index (χ0) is 14.2. The Bertz CT molecular complexity index is 579. The quantitative estimate of drug-likeness (QED) is 0.657. The van der Waals surface area contributed by atoms with Crippen molar-refractivity contribution in [1.82, 2.24) is 5.43 Å². The standard InChI is InChI=1S/C15H16N2O2S/c1-12-5-2-3-6-13(12)10-20-11-15(18)17-16-9-14-7-4-8-19-14/h2-9H,10-11H2,1H3,(H,17,18)/b16-9-. The third-order valence-electron chi connectivity index (χ3n) is 2.68. The molecule has 0 bridgehead atoms. The largest absolute Gasteiger partial charge is 0.463 e. The molecule has 2 aromatic rings.